The molecule has 0 spiro atoms. The summed E-state index contributed by atoms with van der Waals surface area (Å²) in [5.74, 6) is -0.0328. The van der Waals surface area contributed by atoms with Gasteiger partial charge in [-0.2, -0.15) is 0 Å². The third kappa shape index (κ3) is 4.33. The molecule has 132 valence electrons. The zero-order chi connectivity index (χ0) is 16.9. The minimum Gasteiger partial charge on any atom is -0.335 e. The largest absolute Gasteiger partial charge is 0.335 e. The van der Waals surface area contributed by atoms with Crippen LogP contribution in [-0.2, 0) is 4.79 Å². The van der Waals surface area contributed by atoms with E-state index in [9.17, 15) is 9.18 Å². The number of carbonyl (C=O) groups excluding carboxylic acids is 1. The van der Waals surface area contributed by atoms with Crippen LogP contribution in [0, 0.1) is 5.82 Å². The Morgan fingerprint density at radius 1 is 1.12 bits per heavy atom. The van der Waals surface area contributed by atoms with E-state index in [0.717, 1.165) is 64.0 Å². The van der Waals surface area contributed by atoms with Crippen LogP contribution in [0.2, 0.25) is 0 Å². The highest BCUT2D eigenvalue weighted by Gasteiger charge is 2.29. The van der Waals surface area contributed by atoms with Crippen LogP contribution in [0.4, 0.5) is 4.39 Å². The quantitative estimate of drug-likeness (QED) is 0.850. The van der Waals surface area contributed by atoms with Crippen molar-refractivity contribution in [3.8, 4) is 0 Å². The van der Waals surface area contributed by atoms with Gasteiger partial charge in [0.15, 0.2) is 0 Å². The van der Waals surface area contributed by atoms with E-state index in [4.69, 9.17) is 0 Å². The number of amides is 1. The van der Waals surface area contributed by atoms with Crippen LogP contribution in [0.1, 0.15) is 37.3 Å². The van der Waals surface area contributed by atoms with E-state index in [-0.39, 0.29) is 17.8 Å². The summed E-state index contributed by atoms with van der Waals surface area (Å²) < 4.78 is 13.6. The molecule has 1 atom stereocenters. The fourth-order valence-electron chi connectivity index (χ4n) is 3.83. The second-order valence-electron chi connectivity index (χ2n) is 7.09. The average Bonchev–Trinajstić information content (AvgIpc) is 2.79. The second-order valence-corrected chi connectivity index (χ2v) is 7.09. The average molecular weight is 333 g/mol. The van der Waals surface area contributed by atoms with Crippen LogP contribution in [0.3, 0.4) is 0 Å². The lowest BCUT2D eigenvalue weighted by Crippen LogP contribution is -2.45. The van der Waals surface area contributed by atoms with Crippen LogP contribution in [0.15, 0.2) is 24.3 Å². The summed E-state index contributed by atoms with van der Waals surface area (Å²) in [6, 6.07) is 6.76. The van der Waals surface area contributed by atoms with Crippen molar-refractivity contribution in [2.75, 3.05) is 46.3 Å². The van der Waals surface area contributed by atoms with Gasteiger partial charge < -0.3 is 9.80 Å². The molecule has 2 heterocycles. The molecule has 2 aliphatic rings. The predicted octanol–water partition coefficient (Wildman–Crippen LogP) is 2.52. The Labute approximate surface area is 144 Å². The molecule has 0 N–H and O–H groups in total. The molecule has 2 saturated heterocycles. The lowest BCUT2D eigenvalue weighted by molar-refractivity contribution is -0.136. The molecule has 0 saturated carbocycles. The smallest absolute Gasteiger partial charge is 0.237 e. The maximum atomic E-state index is 13.6. The molecular weight excluding hydrogens is 305 g/mol. The normalized spacial score (nSPS) is 23.9. The predicted molar refractivity (Wildman–Crippen MR) is 93.3 cm³/mol. The SMILES string of the molecule is CN1CCCN(CC(=O)N2CCCCC2c2cccc(F)c2)CC1. The van der Waals surface area contributed by atoms with Gasteiger partial charge >= 0.3 is 0 Å². The van der Waals surface area contributed by atoms with Crippen molar-refractivity contribution >= 4 is 5.91 Å². The van der Waals surface area contributed by atoms with E-state index in [1.54, 1.807) is 12.1 Å². The summed E-state index contributed by atoms with van der Waals surface area (Å²) in [7, 11) is 2.13. The third-order valence-corrected chi connectivity index (χ3v) is 5.23. The number of halogens is 1. The van der Waals surface area contributed by atoms with Gasteiger partial charge in [0.05, 0.1) is 12.6 Å². The summed E-state index contributed by atoms with van der Waals surface area (Å²) in [6.07, 6.45) is 4.18. The number of nitrogens with zero attached hydrogens (tertiary/aromatic N) is 3. The molecule has 1 aromatic carbocycles. The first-order chi connectivity index (χ1) is 11.6. The Morgan fingerprint density at radius 3 is 2.83 bits per heavy atom. The van der Waals surface area contributed by atoms with Crippen LogP contribution in [0.5, 0.6) is 0 Å². The Balaban J connectivity index is 1.67. The van der Waals surface area contributed by atoms with Gasteiger partial charge in [-0.1, -0.05) is 12.1 Å². The maximum absolute atomic E-state index is 13.6. The van der Waals surface area contributed by atoms with E-state index in [0.29, 0.717) is 6.54 Å². The summed E-state index contributed by atoms with van der Waals surface area (Å²) in [5.41, 5.74) is 0.929. The number of rotatable bonds is 3. The first-order valence-corrected chi connectivity index (χ1v) is 9.09. The van der Waals surface area contributed by atoms with Gasteiger partial charge in [-0.05, 0) is 63.5 Å². The Bertz CT molecular complexity index is 565. The van der Waals surface area contributed by atoms with Crippen molar-refractivity contribution in [2.24, 2.45) is 0 Å². The lowest BCUT2D eigenvalue weighted by Gasteiger charge is -2.37. The maximum Gasteiger partial charge on any atom is 0.237 e. The minimum atomic E-state index is -0.221. The Morgan fingerprint density at radius 2 is 2.00 bits per heavy atom. The van der Waals surface area contributed by atoms with Gasteiger partial charge in [0.2, 0.25) is 5.91 Å². The molecule has 24 heavy (non-hydrogen) atoms. The van der Waals surface area contributed by atoms with Crippen molar-refractivity contribution in [3.05, 3.63) is 35.6 Å². The number of hydrogen-bond acceptors (Lipinski definition) is 3. The zero-order valence-electron chi connectivity index (χ0n) is 14.6. The molecule has 5 heteroatoms. The number of carbonyl (C=O) groups is 1. The highest BCUT2D eigenvalue weighted by molar-refractivity contribution is 5.79. The van der Waals surface area contributed by atoms with Crippen LogP contribution in [-0.4, -0.2) is 66.9 Å². The Hall–Kier alpha value is -1.46. The molecule has 0 radical (unpaired) electrons. The van der Waals surface area contributed by atoms with E-state index in [1.807, 2.05) is 11.0 Å². The monoisotopic (exact) mass is 333 g/mol. The first kappa shape index (κ1) is 17.4. The molecule has 3 rings (SSSR count). The van der Waals surface area contributed by atoms with E-state index < -0.39 is 0 Å². The van der Waals surface area contributed by atoms with Crippen molar-refractivity contribution in [2.45, 2.75) is 31.7 Å². The fourth-order valence-corrected chi connectivity index (χ4v) is 3.83. The molecule has 1 aromatic rings. The highest BCUT2D eigenvalue weighted by Crippen LogP contribution is 2.31. The van der Waals surface area contributed by atoms with E-state index in [1.165, 1.54) is 6.07 Å². The van der Waals surface area contributed by atoms with Gasteiger partial charge in [0.1, 0.15) is 5.82 Å². The summed E-state index contributed by atoms with van der Waals surface area (Å²) in [4.78, 5) is 19.5. The highest BCUT2D eigenvalue weighted by atomic mass is 19.1. The lowest BCUT2D eigenvalue weighted by atomic mass is 9.95. The second kappa shape index (κ2) is 8.08. The van der Waals surface area contributed by atoms with Crippen molar-refractivity contribution < 1.29 is 9.18 Å². The van der Waals surface area contributed by atoms with Crippen molar-refractivity contribution in [3.63, 3.8) is 0 Å². The van der Waals surface area contributed by atoms with Crippen molar-refractivity contribution in [1.82, 2.24) is 14.7 Å². The molecule has 0 bridgehead atoms. The third-order valence-electron chi connectivity index (χ3n) is 5.23. The van der Waals surface area contributed by atoms with E-state index >= 15 is 0 Å². The van der Waals surface area contributed by atoms with Crippen LogP contribution < -0.4 is 0 Å². The number of benzene rings is 1. The fraction of sp³-hybridized carbons (Fsp3) is 0.632. The molecule has 4 nitrogen and oxygen atoms in total. The standard InChI is InChI=1S/C19H28FN3O/c1-21-9-5-10-22(13-12-21)15-19(24)23-11-3-2-8-18(23)16-6-4-7-17(20)14-16/h4,6-7,14,18H,2-3,5,8-13,15H2,1H3. The summed E-state index contributed by atoms with van der Waals surface area (Å²) >= 11 is 0. The van der Waals surface area contributed by atoms with E-state index in [2.05, 4.69) is 16.8 Å². The van der Waals surface area contributed by atoms with Gasteiger partial charge in [0, 0.05) is 19.6 Å². The molecule has 2 aliphatic heterocycles. The molecular formula is C19H28FN3O. The van der Waals surface area contributed by atoms with Gasteiger partial charge in [0.25, 0.3) is 0 Å². The Kier molecular flexibility index (Phi) is 5.85. The molecule has 0 aromatic heterocycles. The summed E-state index contributed by atoms with van der Waals surface area (Å²) in [6.45, 7) is 5.31. The van der Waals surface area contributed by atoms with Gasteiger partial charge in [-0.3, -0.25) is 9.69 Å². The number of likely N-dealkylation sites (N-methyl/N-ethyl adjacent to an activating group) is 1. The zero-order valence-corrected chi connectivity index (χ0v) is 14.6. The van der Waals surface area contributed by atoms with Gasteiger partial charge in [-0.25, -0.2) is 4.39 Å². The number of likely N-dealkylation sites (tertiary alicyclic amines) is 1. The van der Waals surface area contributed by atoms with Crippen LogP contribution in [0.25, 0.3) is 0 Å². The van der Waals surface area contributed by atoms with Crippen LogP contribution >= 0.6 is 0 Å². The van der Waals surface area contributed by atoms with Gasteiger partial charge in [-0.15, -0.1) is 0 Å². The topological polar surface area (TPSA) is 26.8 Å². The van der Waals surface area contributed by atoms with Crippen molar-refractivity contribution in [1.29, 1.82) is 0 Å². The minimum absolute atomic E-state index is 0.0246. The molecule has 0 aliphatic carbocycles. The first-order valence-electron chi connectivity index (χ1n) is 9.09. The molecule has 1 unspecified atom stereocenters. The summed E-state index contributed by atoms with van der Waals surface area (Å²) in [5, 5.41) is 0. The number of hydrogen-bond donors (Lipinski definition) is 0. The number of piperidine rings is 1. The molecule has 1 amide bonds. The molecule has 2 fully saturated rings.